The Kier molecular flexibility index (Phi) is 7.52. The molecule has 0 bridgehead atoms. The topological polar surface area (TPSA) is 50.2 Å². The van der Waals surface area contributed by atoms with E-state index in [4.69, 9.17) is 0 Å². The van der Waals surface area contributed by atoms with Crippen molar-refractivity contribution in [1.29, 1.82) is 0 Å². The van der Waals surface area contributed by atoms with Crippen molar-refractivity contribution in [3.63, 3.8) is 0 Å². The van der Waals surface area contributed by atoms with Crippen LogP contribution in [0.25, 0.3) is 0 Å². The van der Waals surface area contributed by atoms with Gasteiger partial charge in [0.25, 0.3) is 5.91 Å². The number of nitrogens with two attached hydrogens (primary N) is 1. The molecule has 1 aliphatic rings. The number of amides is 1. The molecule has 0 unspecified atom stereocenters. The van der Waals surface area contributed by atoms with Crippen molar-refractivity contribution in [1.82, 2.24) is 5.32 Å². The number of hydrogen-bond donors (Lipinski definition) is 3. The average molecular weight is 285 g/mol. The second-order valence-corrected chi connectivity index (χ2v) is 6.94. The van der Waals surface area contributed by atoms with E-state index in [1.54, 1.807) is 4.90 Å². The summed E-state index contributed by atoms with van der Waals surface area (Å²) >= 11 is 0. The Hall–Kier alpha value is -0.610. The maximum absolute atomic E-state index is 12.1. The third-order valence-electron chi connectivity index (χ3n) is 4.55. The zero-order chi connectivity index (χ0) is 15.1. The highest BCUT2D eigenvalue weighted by atomic mass is 16.2. The molecule has 1 aliphatic carbocycles. The van der Waals surface area contributed by atoms with Gasteiger partial charge in [-0.3, -0.25) is 4.79 Å². The molecule has 1 saturated carbocycles. The van der Waals surface area contributed by atoms with Gasteiger partial charge in [0.1, 0.15) is 13.1 Å². The summed E-state index contributed by atoms with van der Waals surface area (Å²) in [6, 6.07) is 1.76. The lowest BCUT2D eigenvalue weighted by molar-refractivity contribution is -0.952. The van der Waals surface area contributed by atoms with Crippen LogP contribution in [0.4, 0.5) is 0 Å². The fourth-order valence-corrected chi connectivity index (χ4v) is 3.25. The van der Waals surface area contributed by atoms with Gasteiger partial charge in [0.2, 0.25) is 0 Å². The van der Waals surface area contributed by atoms with Crippen LogP contribution in [-0.2, 0) is 4.79 Å². The van der Waals surface area contributed by atoms with Gasteiger partial charge in [0.15, 0.2) is 6.04 Å². The second kappa shape index (κ2) is 8.63. The summed E-state index contributed by atoms with van der Waals surface area (Å²) in [5.41, 5.74) is 0. The van der Waals surface area contributed by atoms with Crippen molar-refractivity contribution in [3.05, 3.63) is 0 Å². The molecule has 0 radical (unpaired) electrons. The summed E-state index contributed by atoms with van der Waals surface area (Å²) in [7, 11) is 0. The van der Waals surface area contributed by atoms with Gasteiger partial charge in [-0.1, -0.05) is 12.8 Å². The molecule has 0 aromatic rings. The van der Waals surface area contributed by atoms with Crippen molar-refractivity contribution in [2.45, 2.75) is 84.5 Å². The fourth-order valence-electron chi connectivity index (χ4n) is 3.25. The van der Waals surface area contributed by atoms with E-state index < -0.39 is 0 Å². The van der Waals surface area contributed by atoms with E-state index in [0.29, 0.717) is 18.1 Å². The minimum Gasteiger partial charge on any atom is -0.348 e. The van der Waals surface area contributed by atoms with Gasteiger partial charge in [-0.2, -0.15) is 0 Å². The van der Waals surface area contributed by atoms with Gasteiger partial charge in [0, 0.05) is 6.04 Å². The van der Waals surface area contributed by atoms with Gasteiger partial charge in [-0.05, 0) is 47.5 Å². The minimum absolute atomic E-state index is 0.0381. The highest BCUT2D eigenvalue weighted by Gasteiger charge is 2.23. The molecule has 4 N–H and O–H groups in total. The highest BCUT2D eigenvalue weighted by molar-refractivity contribution is 5.80. The summed E-state index contributed by atoms with van der Waals surface area (Å²) in [6.45, 7) is 13.2. The first kappa shape index (κ1) is 17.4. The Balaban J connectivity index is 2.24. The van der Waals surface area contributed by atoms with Crippen LogP contribution in [0.2, 0.25) is 0 Å². The van der Waals surface area contributed by atoms with Gasteiger partial charge in [-0.15, -0.1) is 0 Å². The maximum Gasteiger partial charge on any atom is 0.278 e. The van der Waals surface area contributed by atoms with Gasteiger partial charge in [0.05, 0.1) is 12.1 Å². The molecular weight excluding hydrogens is 250 g/mol. The number of rotatable bonds is 8. The molecule has 0 aromatic heterocycles. The number of hydrogen-bond acceptors (Lipinski definition) is 1. The molecule has 0 saturated heterocycles. The molecule has 0 spiro atoms. The molecule has 1 rings (SSSR count). The SMILES string of the molecule is CC(C)[NH+](CC[NH2+][C@H](C)C(=O)NC1CCCC1)C(C)C. The Bertz CT molecular complexity index is 277. The summed E-state index contributed by atoms with van der Waals surface area (Å²) in [5.74, 6) is 0.215. The quantitative estimate of drug-likeness (QED) is 0.563. The van der Waals surface area contributed by atoms with Crippen LogP contribution in [0.15, 0.2) is 0 Å². The van der Waals surface area contributed by atoms with E-state index in [1.807, 2.05) is 6.92 Å². The number of nitrogens with one attached hydrogen (secondary N) is 2. The molecule has 1 atom stereocenters. The van der Waals surface area contributed by atoms with E-state index in [9.17, 15) is 4.79 Å². The standard InChI is InChI=1S/C16H33N3O/c1-12(2)19(13(3)4)11-10-17-14(5)16(20)18-15-8-6-7-9-15/h12-15,17H,6-11H2,1-5H3,(H,18,20)/p+2/t14-/m1/s1. The first-order valence-electron chi connectivity index (χ1n) is 8.41. The molecule has 118 valence electrons. The molecule has 1 amide bonds. The van der Waals surface area contributed by atoms with Crippen LogP contribution < -0.4 is 15.5 Å². The highest BCUT2D eigenvalue weighted by Crippen LogP contribution is 2.17. The minimum atomic E-state index is 0.0381. The molecular formula is C16H35N3O+2. The summed E-state index contributed by atoms with van der Waals surface area (Å²) in [5, 5.41) is 5.37. The molecule has 0 aliphatic heterocycles. The monoisotopic (exact) mass is 285 g/mol. The van der Waals surface area contributed by atoms with Crippen molar-refractivity contribution < 1.29 is 15.0 Å². The smallest absolute Gasteiger partial charge is 0.278 e. The molecule has 4 nitrogen and oxygen atoms in total. The molecule has 20 heavy (non-hydrogen) atoms. The average Bonchev–Trinajstić information content (AvgIpc) is 2.85. The van der Waals surface area contributed by atoms with Gasteiger partial charge in [-0.25, -0.2) is 0 Å². The third kappa shape index (κ3) is 5.80. The Morgan fingerprint density at radius 3 is 2.20 bits per heavy atom. The Labute approximate surface area is 124 Å². The predicted octanol–water partition coefficient (Wildman–Crippen LogP) is -0.301. The number of carbonyl (C=O) groups is 1. The molecule has 1 fully saturated rings. The normalized spacial score (nSPS) is 18.2. The lowest BCUT2D eigenvalue weighted by Crippen LogP contribution is -3.20. The van der Waals surface area contributed by atoms with Crippen LogP contribution in [0.3, 0.4) is 0 Å². The fraction of sp³-hybridized carbons (Fsp3) is 0.938. The lowest BCUT2D eigenvalue weighted by Gasteiger charge is -2.27. The van der Waals surface area contributed by atoms with E-state index in [-0.39, 0.29) is 11.9 Å². The maximum atomic E-state index is 12.1. The van der Waals surface area contributed by atoms with E-state index >= 15 is 0 Å². The summed E-state index contributed by atoms with van der Waals surface area (Å²) < 4.78 is 0. The van der Waals surface area contributed by atoms with Gasteiger partial charge < -0.3 is 15.5 Å². The molecule has 0 heterocycles. The largest absolute Gasteiger partial charge is 0.348 e. The Morgan fingerprint density at radius 2 is 1.70 bits per heavy atom. The van der Waals surface area contributed by atoms with Crippen molar-refractivity contribution >= 4 is 5.91 Å². The predicted molar refractivity (Wildman–Crippen MR) is 82.8 cm³/mol. The van der Waals surface area contributed by atoms with Crippen LogP contribution in [-0.4, -0.2) is 43.2 Å². The number of quaternary nitrogens is 2. The molecule has 4 heteroatoms. The lowest BCUT2D eigenvalue weighted by atomic mass is 10.2. The van der Waals surface area contributed by atoms with E-state index in [0.717, 1.165) is 25.9 Å². The van der Waals surface area contributed by atoms with E-state index in [2.05, 4.69) is 38.3 Å². The Morgan fingerprint density at radius 1 is 1.15 bits per heavy atom. The van der Waals surface area contributed by atoms with Crippen molar-refractivity contribution in [2.75, 3.05) is 13.1 Å². The zero-order valence-electron chi connectivity index (χ0n) is 14.0. The van der Waals surface area contributed by atoms with E-state index in [1.165, 1.54) is 12.8 Å². The van der Waals surface area contributed by atoms with Crippen LogP contribution in [0, 0.1) is 0 Å². The first-order valence-corrected chi connectivity index (χ1v) is 8.41. The van der Waals surface area contributed by atoms with Crippen LogP contribution in [0.1, 0.15) is 60.3 Å². The molecule has 0 aromatic carbocycles. The second-order valence-electron chi connectivity index (χ2n) is 6.94. The van der Waals surface area contributed by atoms with Crippen molar-refractivity contribution in [2.24, 2.45) is 0 Å². The zero-order valence-corrected chi connectivity index (χ0v) is 14.0. The third-order valence-corrected chi connectivity index (χ3v) is 4.55. The van der Waals surface area contributed by atoms with Crippen molar-refractivity contribution in [3.8, 4) is 0 Å². The summed E-state index contributed by atoms with van der Waals surface area (Å²) in [6.07, 6.45) is 4.86. The van der Waals surface area contributed by atoms with Crippen LogP contribution in [0.5, 0.6) is 0 Å². The van der Waals surface area contributed by atoms with Crippen LogP contribution >= 0.6 is 0 Å². The summed E-state index contributed by atoms with van der Waals surface area (Å²) in [4.78, 5) is 13.7. The number of carbonyl (C=O) groups excluding carboxylic acids is 1. The first-order chi connectivity index (χ1) is 9.41. The van der Waals surface area contributed by atoms with Gasteiger partial charge >= 0.3 is 0 Å².